The number of thioether (sulfide) groups is 1. The molecule has 7 nitrogen and oxygen atoms in total. The van der Waals surface area contributed by atoms with Gasteiger partial charge >= 0.3 is 0 Å². The summed E-state index contributed by atoms with van der Waals surface area (Å²) in [6, 6.07) is 2.82. The third-order valence-electron chi connectivity index (χ3n) is 3.30. The van der Waals surface area contributed by atoms with Crippen LogP contribution in [-0.2, 0) is 9.59 Å². The summed E-state index contributed by atoms with van der Waals surface area (Å²) in [5.41, 5.74) is 0.522. The van der Waals surface area contributed by atoms with Crippen molar-refractivity contribution in [1.82, 2.24) is 4.90 Å². The van der Waals surface area contributed by atoms with Crippen LogP contribution in [0.3, 0.4) is 0 Å². The number of hydrogen-bond acceptors (Lipinski definition) is 7. The molecule has 2 amide bonds. The zero-order valence-corrected chi connectivity index (χ0v) is 16.0. The Kier molecular flexibility index (Phi) is 6.55. The van der Waals surface area contributed by atoms with E-state index in [0.717, 1.165) is 11.8 Å². The molecule has 0 bridgehead atoms. The molecular weight excluding hydrogens is 382 g/mol. The highest BCUT2D eigenvalue weighted by Crippen LogP contribution is 2.39. The lowest BCUT2D eigenvalue weighted by Crippen LogP contribution is -2.34. The fourth-order valence-corrected chi connectivity index (χ4v) is 3.52. The summed E-state index contributed by atoms with van der Waals surface area (Å²) in [7, 11) is 0. The number of imide groups is 1. The highest BCUT2D eigenvalue weighted by molar-refractivity contribution is 8.18. The molecule has 1 heterocycles. The smallest absolute Gasteiger partial charge is 0.293 e. The van der Waals surface area contributed by atoms with Crippen LogP contribution in [0, 0.1) is 0 Å². The molecule has 26 heavy (non-hydrogen) atoms. The monoisotopic (exact) mass is 398 g/mol. The summed E-state index contributed by atoms with van der Waals surface area (Å²) in [5.74, 6) is -1.46. The van der Waals surface area contributed by atoms with E-state index in [1.165, 1.54) is 17.0 Å². The molecule has 0 unspecified atom stereocenters. The number of ether oxygens (including phenoxy) is 2. The minimum Gasteiger partial charge on any atom is -0.546 e. The molecule has 0 saturated carbocycles. The number of carboxylic acid groups (broad SMARTS) is 1. The maximum absolute atomic E-state index is 12.4. The van der Waals surface area contributed by atoms with Crippen LogP contribution in [0.15, 0.2) is 17.0 Å². The third kappa shape index (κ3) is 4.50. The zero-order valence-electron chi connectivity index (χ0n) is 14.4. The van der Waals surface area contributed by atoms with Crippen LogP contribution < -0.4 is 14.6 Å². The van der Waals surface area contributed by atoms with Gasteiger partial charge in [-0.2, -0.15) is 0 Å². The van der Waals surface area contributed by atoms with Crippen molar-refractivity contribution in [2.45, 2.75) is 26.8 Å². The van der Waals surface area contributed by atoms with Crippen molar-refractivity contribution in [1.29, 1.82) is 0 Å². The number of aliphatic carboxylic acids is 1. The number of benzene rings is 1. The molecule has 0 aliphatic carbocycles. The number of hydrogen-bond donors (Lipinski definition) is 0. The average Bonchev–Trinajstić information content (AvgIpc) is 2.80. The van der Waals surface area contributed by atoms with E-state index < -0.39 is 12.6 Å². The summed E-state index contributed by atoms with van der Waals surface area (Å²) in [6.45, 7) is 4.88. The second-order valence-corrected chi connectivity index (χ2v) is 6.97. The summed E-state index contributed by atoms with van der Waals surface area (Å²) in [5, 5.41) is 10.4. The second kappa shape index (κ2) is 8.46. The molecule has 2 rings (SSSR count). The van der Waals surface area contributed by atoms with Gasteiger partial charge in [-0.15, -0.1) is 0 Å². The lowest BCUT2D eigenvalue weighted by Gasteiger charge is -2.16. The van der Waals surface area contributed by atoms with Crippen LogP contribution in [0.2, 0.25) is 5.02 Å². The van der Waals surface area contributed by atoms with Crippen LogP contribution in [0.4, 0.5) is 4.79 Å². The van der Waals surface area contributed by atoms with Crippen molar-refractivity contribution < 1.29 is 29.0 Å². The predicted molar refractivity (Wildman–Crippen MR) is 96.1 cm³/mol. The first-order chi connectivity index (χ1) is 12.2. The third-order valence-corrected chi connectivity index (χ3v) is 4.47. The molecule has 0 spiro atoms. The van der Waals surface area contributed by atoms with E-state index in [4.69, 9.17) is 21.1 Å². The Balaban J connectivity index is 2.37. The predicted octanol–water partition coefficient (Wildman–Crippen LogP) is 2.31. The van der Waals surface area contributed by atoms with Crippen LogP contribution in [0.25, 0.3) is 6.08 Å². The quantitative estimate of drug-likeness (QED) is 0.650. The average molecular weight is 399 g/mol. The Morgan fingerprint density at radius 2 is 2.04 bits per heavy atom. The largest absolute Gasteiger partial charge is 0.546 e. The first kappa shape index (κ1) is 20.1. The van der Waals surface area contributed by atoms with Crippen molar-refractivity contribution >= 4 is 46.6 Å². The molecule has 1 aliphatic rings. The molecule has 140 valence electrons. The molecule has 1 fully saturated rings. The van der Waals surface area contributed by atoms with E-state index in [0.29, 0.717) is 12.2 Å². The standard InChI is InChI=1S/C17H18ClNO6S/c1-4-24-12-6-10(5-11(18)15(12)25-8-14(20)21)7-13-16(22)19(9(2)3)17(23)26-13/h5-7,9H,4,8H2,1-3H3,(H,20,21)/p-1/b13-7+. The Labute approximate surface area is 159 Å². The van der Waals surface area contributed by atoms with Gasteiger partial charge in [-0.3, -0.25) is 14.5 Å². The lowest BCUT2D eigenvalue weighted by molar-refractivity contribution is -0.307. The second-order valence-electron chi connectivity index (χ2n) is 5.57. The van der Waals surface area contributed by atoms with Crippen molar-refractivity contribution in [3.05, 3.63) is 27.6 Å². The highest BCUT2D eigenvalue weighted by atomic mass is 35.5. The van der Waals surface area contributed by atoms with Gasteiger partial charge in [0.25, 0.3) is 11.1 Å². The molecule has 1 saturated heterocycles. The van der Waals surface area contributed by atoms with Crippen molar-refractivity contribution in [2.24, 2.45) is 0 Å². The van der Waals surface area contributed by atoms with Gasteiger partial charge in [-0.25, -0.2) is 0 Å². The first-order valence-corrected chi connectivity index (χ1v) is 9.00. The minimum absolute atomic E-state index is 0.0742. The molecule has 0 N–H and O–H groups in total. The van der Waals surface area contributed by atoms with E-state index in [-0.39, 0.29) is 38.6 Å². The minimum atomic E-state index is -1.39. The van der Waals surface area contributed by atoms with Gasteiger partial charge in [0.15, 0.2) is 11.5 Å². The Morgan fingerprint density at radius 3 is 2.58 bits per heavy atom. The van der Waals surface area contributed by atoms with E-state index in [1.54, 1.807) is 26.8 Å². The van der Waals surface area contributed by atoms with Gasteiger partial charge in [0, 0.05) is 6.04 Å². The van der Waals surface area contributed by atoms with Crippen LogP contribution in [0.5, 0.6) is 11.5 Å². The van der Waals surface area contributed by atoms with Gasteiger partial charge < -0.3 is 19.4 Å². The molecule has 0 aromatic heterocycles. The number of carboxylic acids is 1. The Bertz CT molecular complexity index is 777. The van der Waals surface area contributed by atoms with Crippen molar-refractivity contribution in [3.8, 4) is 11.5 Å². The van der Waals surface area contributed by atoms with Gasteiger partial charge in [0.05, 0.1) is 22.5 Å². The van der Waals surface area contributed by atoms with Gasteiger partial charge in [0.2, 0.25) is 0 Å². The Hall–Kier alpha value is -2.19. The van der Waals surface area contributed by atoms with E-state index >= 15 is 0 Å². The van der Waals surface area contributed by atoms with Gasteiger partial charge in [-0.05, 0) is 56.3 Å². The molecule has 1 aliphatic heterocycles. The maximum Gasteiger partial charge on any atom is 0.293 e. The van der Waals surface area contributed by atoms with Crippen LogP contribution >= 0.6 is 23.4 Å². The number of rotatable bonds is 7. The summed E-state index contributed by atoms with van der Waals surface area (Å²) in [6.07, 6.45) is 1.53. The number of amides is 2. The van der Waals surface area contributed by atoms with E-state index in [2.05, 4.69) is 0 Å². The van der Waals surface area contributed by atoms with E-state index in [1.807, 2.05) is 0 Å². The summed E-state index contributed by atoms with van der Waals surface area (Å²) < 4.78 is 10.6. The van der Waals surface area contributed by atoms with E-state index in [9.17, 15) is 19.5 Å². The fraction of sp³-hybridized carbons (Fsp3) is 0.353. The highest BCUT2D eigenvalue weighted by Gasteiger charge is 2.36. The summed E-state index contributed by atoms with van der Waals surface area (Å²) >= 11 is 7.01. The molecule has 0 radical (unpaired) electrons. The number of nitrogens with zero attached hydrogens (tertiary/aromatic N) is 1. The summed E-state index contributed by atoms with van der Waals surface area (Å²) in [4.78, 5) is 36.4. The molecular formula is C17H17ClNO6S-. The van der Waals surface area contributed by atoms with Crippen molar-refractivity contribution in [3.63, 3.8) is 0 Å². The zero-order chi connectivity index (χ0) is 19.4. The molecule has 0 atom stereocenters. The number of carbonyl (C=O) groups is 3. The normalized spacial score (nSPS) is 15.9. The van der Waals surface area contributed by atoms with Gasteiger partial charge in [-0.1, -0.05) is 11.6 Å². The van der Waals surface area contributed by atoms with Crippen LogP contribution in [-0.4, -0.2) is 41.3 Å². The fourth-order valence-electron chi connectivity index (χ4n) is 2.28. The van der Waals surface area contributed by atoms with Crippen LogP contribution in [0.1, 0.15) is 26.3 Å². The van der Waals surface area contributed by atoms with Gasteiger partial charge in [0.1, 0.15) is 6.61 Å². The first-order valence-electron chi connectivity index (χ1n) is 7.80. The molecule has 1 aromatic carbocycles. The maximum atomic E-state index is 12.4. The number of halogens is 1. The molecule has 1 aromatic rings. The Morgan fingerprint density at radius 1 is 1.35 bits per heavy atom. The molecule has 9 heteroatoms. The lowest BCUT2D eigenvalue weighted by atomic mass is 10.1. The SMILES string of the molecule is CCOc1cc(/C=C2/SC(=O)N(C(C)C)C2=O)cc(Cl)c1OCC(=O)[O-]. The van der Waals surface area contributed by atoms with Crippen molar-refractivity contribution in [2.75, 3.05) is 13.2 Å². The number of carbonyl (C=O) groups excluding carboxylic acids is 3. The topological polar surface area (TPSA) is 96.0 Å².